The minimum absolute atomic E-state index is 0.107. The molecule has 2 unspecified atom stereocenters. The first-order valence-corrected chi connectivity index (χ1v) is 10.2. The van der Waals surface area contributed by atoms with Crippen LogP contribution >= 0.6 is 0 Å². The predicted molar refractivity (Wildman–Crippen MR) is 102 cm³/mol. The van der Waals surface area contributed by atoms with Crippen molar-refractivity contribution in [1.82, 2.24) is 20.4 Å². The predicted octanol–water partition coefficient (Wildman–Crippen LogP) is 0.631. The third-order valence-electron chi connectivity index (χ3n) is 6.95. The number of hydrogen-bond donors (Lipinski definition) is 2. The molecule has 1 saturated carbocycles. The Morgan fingerprint density at radius 3 is 2.75 bits per heavy atom. The van der Waals surface area contributed by atoms with Gasteiger partial charge in [-0.25, -0.2) is 0 Å². The molecule has 1 spiro atoms. The van der Waals surface area contributed by atoms with E-state index in [0.717, 1.165) is 25.2 Å². The molecule has 1 aliphatic carbocycles. The van der Waals surface area contributed by atoms with Crippen LogP contribution < -0.4 is 10.6 Å². The van der Waals surface area contributed by atoms with E-state index in [1.807, 2.05) is 12.1 Å². The first-order valence-electron chi connectivity index (χ1n) is 10.2. The molecule has 5 rings (SSSR count). The minimum Gasteiger partial charge on any atom is -0.322 e. The van der Waals surface area contributed by atoms with E-state index in [-0.39, 0.29) is 24.1 Å². The third kappa shape index (κ3) is 2.84. The normalized spacial score (nSPS) is 28.8. The van der Waals surface area contributed by atoms with Gasteiger partial charge in [0.1, 0.15) is 6.04 Å². The molecule has 148 valence electrons. The number of piperidine rings is 1. The molecule has 3 fully saturated rings. The summed E-state index contributed by atoms with van der Waals surface area (Å²) in [7, 11) is 2.05. The monoisotopic (exact) mass is 382 g/mol. The summed E-state index contributed by atoms with van der Waals surface area (Å²) in [6.45, 7) is 3.53. The zero-order chi connectivity index (χ0) is 19.5. The summed E-state index contributed by atoms with van der Waals surface area (Å²) in [4.78, 5) is 40.5. The second-order valence-electron chi connectivity index (χ2n) is 8.76. The minimum atomic E-state index is -0.550. The van der Waals surface area contributed by atoms with E-state index in [2.05, 4.69) is 28.6 Å². The van der Waals surface area contributed by atoms with Crippen molar-refractivity contribution >= 4 is 17.7 Å². The van der Waals surface area contributed by atoms with E-state index < -0.39 is 6.04 Å². The van der Waals surface area contributed by atoms with Crippen LogP contribution in [0.3, 0.4) is 0 Å². The van der Waals surface area contributed by atoms with E-state index in [4.69, 9.17) is 0 Å². The van der Waals surface area contributed by atoms with Gasteiger partial charge in [-0.05, 0) is 48.9 Å². The van der Waals surface area contributed by atoms with Crippen molar-refractivity contribution in [3.05, 3.63) is 34.9 Å². The van der Waals surface area contributed by atoms with Gasteiger partial charge in [0.05, 0.1) is 0 Å². The van der Waals surface area contributed by atoms with Crippen LogP contribution in [-0.4, -0.2) is 59.7 Å². The van der Waals surface area contributed by atoms with E-state index in [9.17, 15) is 14.4 Å². The smallest absolute Gasteiger partial charge is 0.255 e. The Morgan fingerprint density at radius 1 is 1.25 bits per heavy atom. The Kier molecular flexibility index (Phi) is 4.07. The summed E-state index contributed by atoms with van der Waals surface area (Å²) < 4.78 is 0. The molecular weight excluding hydrogens is 356 g/mol. The molecule has 3 heterocycles. The van der Waals surface area contributed by atoms with E-state index in [1.54, 1.807) is 4.90 Å². The molecule has 0 radical (unpaired) electrons. The average Bonchev–Trinajstić information content (AvgIpc) is 3.25. The van der Waals surface area contributed by atoms with Crippen LogP contribution in [-0.2, 0) is 22.7 Å². The standard InChI is InChI=1S/C21H26N4O3/c1-22-17-11-24(12-21(17)6-7-21)9-13-2-3-15-14(8-13)10-25(20(15)28)16-4-5-18(26)23-19(16)27/h2-3,8,16-17,22H,4-7,9-12H2,1H3,(H,23,26,27). The van der Waals surface area contributed by atoms with Crippen LogP contribution in [0, 0.1) is 5.41 Å². The zero-order valence-corrected chi connectivity index (χ0v) is 16.2. The maximum Gasteiger partial charge on any atom is 0.255 e. The number of carbonyl (C=O) groups is 3. The number of fused-ring (bicyclic) bond motifs is 1. The van der Waals surface area contributed by atoms with Crippen molar-refractivity contribution in [2.24, 2.45) is 5.41 Å². The van der Waals surface area contributed by atoms with Gasteiger partial charge in [0, 0.05) is 44.2 Å². The molecule has 2 atom stereocenters. The lowest BCUT2D eigenvalue weighted by Gasteiger charge is -2.29. The Morgan fingerprint density at radius 2 is 2.07 bits per heavy atom. The van der Waals surface area contributed by atoms with Crippen molar-refractivity contribution in [2.45, 2.75) is 50.9 Å². The van der Waals surface area contributed by atoms with E-state index >= 15 is 0 Å². The van der Waals surface area contributed by atoms with Gasteiger partial charge in [0.25, 0.3) is 5.91 Å². The Balaban J connectivity index is 1.29. The summed E-state index contributed by atoms with van der Waals surface area (Å²) in [5, 5.41) is 5.83. The largest absolute Gasteiger partial charge is 0.322 e. The quantitative estimate of drug-likeness (QED) is 0.747. The lowest BCUT2D eigenvalue weighted by atomic mass is 10.0. The van der Waals surface area contributed by atoms with Crippen molar-refractivity contribution in [3.63, 3.8) is 0 Å². The van der Waals surface area contributed by atoms with Crippen LogP contribution in [0.2, 0.25) is 0 Å². The molecule has 3 amide bonds. The van der Waals surface area contributed by atoms with Gasteiger partial charge in [-0.3, -0.25) is 24.6 Å². The van der Waals surface area contributed by atoms with Crippen LogP contribution in [0.5, 0.6) is 0 Å². The van der Waals surface area contributed by atoms with Crippen molar-refractivity contribution in [1.29, 1.82) is 0 Å². The number of benzene rings is 1. The second-order valence-corrected chi connectivity index (χ2v) is 8.76. The van der Waals surface area contributed by atoms with Gasteiger partial charge < -0.3 is 10.2 Å². The number of likely N-dealkylation sites (tertiary alicyclic amines) is 1. The number of nitrogens with one attached hydrogen (secondary N) is 2. The zero-order valence-electron chi connectivity index (χ0n) is 16.2. The topological polar surface area (TPSA) is 81.8 Å². The Bertz CT molecular complexity index is 863. The number of imide groups is 1. The maximum atomic E-state index is 12.8. The van der Waals surface area contributed by atoms with Gasteiger partial charge in [-0.15, -0.1) is 0 Å². The SMILES string of the molecule is CNC1CN(Cc2ccc3c(c2)CN(C2CCC(=O)NC2=O)C3=O)CC12CC2. The lowest BCUT2D eigenvalue weighted by molar-refractivity contribution is -0.136. The van der Waals surface area contributed by atoms with Gasteiger partial charge in [0.15, 0.2) is 0 Å². The van der Waals surface area contributed by atoms with Crippen molar-refractivity contribution in [3.8, 4) is 0 Å². The Labute approximate surface area is 164 Å². The molecule has 7 heteroatoms. The number of rotatable bonds is 4. The first-order chi connectivity index (χ1) is 13.5. The third-order valence-corrected chi connectivity index (χ3v) is 6.95. The van der Waals surface area contributed by atoms with Crippen molar-refractivity contribution < 1.29 is 14.4 Å². The van der Waals surface area contributed by atoms with Crippen molar-refractivity contribution in [2.75, 3.05) is 20.1 Å². The second kappa shape index (κ2) is 6.39. The van der Waals surface area contributed by atoms with Crippen LogP contribution in [0.25, 0.3) is 0 Å². The fourth-order valence-corrected chi connectivity index (χ4v) is 5.24. The van der Waals surface area contributed by atoms with Gasteiger partial charge in [-0.1, -0.05) is 12.1 Å². The lowest BCUT2D eigenvalue weighted by Crippen LogP contribution is -2.52. The molecule has 1 aromatic rings. The fraction of sp³-hybridized carbons (Fsp3) is 0.571. The molecule has 2 N–H and O–H groups in total. The summed E-state index contributed by atoms with van der Waals surface area (Å²) in [5.74, 6) is -0.724. The molecule has 4 aliphatic rings. The summed E-state index contributed by atoms with van der Waals surface area (Å²) in [6, 6.07) is 6.08. The average molecular weight is 382 g/mol. The number of likely N-dealkylation sites (N-methyl/N-ethyl adjacent to an activating group) is 1. The van der Waals surface area contributed by atoms with E-state index in [1.165, 1.54) is 18.4 Å². The molecule has 3 aliphatic heterocycles. The summed E-state index contributed by atoms with van der Waals surface area (Å²) >= 11 is 0. The molecule has 7 nitrogen and oxygen atoms in total. The van der Waals surface area contributed by atoms with Crippen LogP contribution in [0.4, 0.5) is 0 Å². The van der Waals surface area contributed by atoms with Gasteiger partial charge in [0.2, 0.25) is 11.8 Å². The molecule has 1 aromatic carbocycles. The van der Waals surface area contributed by atoms with E-state index in [0.29, 0.717) is 30.0 Å². The number of nitrogens with zero attached hydrogens (tertiary/aromatic N) is 2. The maximum absolute atomic E-state index is 12.8. The first kappa shape index (κ1) is 17.8. The highest BCUT2D eigenvalue weighted by molar-refractivity contribution is 6.05. The highest BCUT2D eigenvalue weighted by Gasteiger charge is 2.54. The number of amides is 3. The molecule has 28 heavy (non-hydrogen) atoms. The number of carbonyl (C=O) groups excluding carboxylic acids is 3. The van der Waals surface area contributed by atoms with Crippen LogP contribution in [0.1, 0.15) is 47.2 Å². The molecule has 0 bridgehead atoms. The summed E-state index contributed by atoms with van der Waals surface area (Å²) in [5.41, 5.74) is 3.35. The highest BCUT2D eigenvalue weighted by Crippen LogP contribution is 2.52. The van der Waals surface area contributed by atoms with Crippen LogP contribution in [0.15, 0.2) is 18.2 Å². The molecule has 2 saturated heterocycles. The summed E-state index contributed by atoms with van der Waals surface area (Å²) in [6.07, 6.45) is 3.31. The fourth-order valence-electron chi connectivity index (χ4n) is 5.24. The van der Waals surface area contributed by atoms with Gasteiger partial charge in [-0.2, -0.15) is 0 Å². The number of hydrogen-bond acceptors (Lipinski definition) is 5. The molecule has 0 aromatic heterocycles. The molecular formula is C21H26N4O3. The Hall–Kier alpha value is -2.25. The van der Waals surface area contributed by atoms with Gasteiger partial charge >= 0.3 is 0 Å². The highest BCUT2D eigenvalue weighted by atomic mass is 16.2.